The highest BCUT2D eigenvalue weighted by atomic mass is 19.1. The maximum atomic E-state index is 14.1. The van der Waals surface area contributed by atoms with Gasteiger partial charge < -0.3 is 29.0 Å². The minimum atomic E-state index is -0.396. The van der Waals surface area contributed by atoms with Gasteiger partial charge in [-0.1, -0.05) is 12.1 Å². The number of nitrogens with zero attached hydrogens (tertiary/aromatic N) is 2. The molecule has 2 aromatic carbocycles. The normalized spacial score (nSPS) is 16.6. The fourth-order valence-corrected chi connectivity index (χ4v) is 4.16. The summed E-state index contributed by atoms with van der Waals surface area (Å²) in [6.45, 7) is 5.83. The first kappa shape index (κ1) is 21.5. The van der Waals surface area contributed by atoms with E-state index in [1.165, 1.54) is 6.07 Å². The summed E-state index contributed by atoms with van der Waals surface area (Å²) in [5.74, 6) is -0.342. The molecule has 7 nitrogen and oxygen atoms in total. The fraction of sp³-hybridized carbons (Fsp3) is 0.320. The average Bonchev–Trinajstić information content (AvgIpc) is 3.36. The summed E-state index contributed by atoms with van der Waals surface area (Å²) in [6.07, 6.45) is 0. The van der Waals surface area contributed by atoms with Crippen LogP contribution in [0.1, 0.15) is 10.6 Å². The van der Waals surface area contributed by atoms with Crippen molar-refractivity contribution in [2.24, 2.45) is 0 Å². The first-order valence-electron chi connectivity index (χ1n) is 11.1. The number of hydrogen-bond acceptors (Lipinski definition) is 6. The van der Waals surface area contributed by atoms with E-state index in [9.17, 15) is 9.18 Å². The van der Waals surface area contributed by atoms with E-state index in [-0.39, 0.29) is 11.7 Å². The summed E-state index contributed by atoms with van der Waals surface area (Å²) < 4.78 is 30.8. The molecule has 2 aliphatic rings. The lowest BCUT2D eigenvalue weighted by molar-refractivity contribution is 0.0997. The third-order valence-electron chi connectivity index (χ3n) is 5.93. The van der Waals surface area contributed by atoms with Crippen LogP contribution in [0, 0.1) is 5.82 Å². The molecular weight excluding hydrogens is 425 g/mol. The van der Waals surface area contributed by atoms with Gasteiger partial charge in [-0.3, -0.25) is 4.79 Å². The van der Waals surface area contributed by atoms with Gasteiger partial charge in [-0.15, -0.1) is 0 Å². The van der Waals surface area contributed by atoms with E-state index in [0.717, 1.165) is 37.6 Å². The summed E-state index contributed by atoms with van der Waals surface area (Å²) in [7, 11) is 0. The highest BCUT2D eigenvalue weighted by Gasteiger charge is 2.21. The average molecular weight is 451 g/mol. The predicted octanol–water partition coefficient (Wildman–Crippen LogP) is 4.01. The van der Waals surface area contributed by atoms with Gasteiger partial charge in [-0.25, -0.2) is 4.39 Å². The molecule has 5 rings (SSSR count). The van der Waals surface area contributed by atoms with E-state index in [1.807, 2.05) is 12.1 Å². The molecule has 2 aliphatic heterocycles. The maximum Gasteiger partial charge on any atom is 0.291 e. The van der Waals surface area contributed by atoms with Crippen LogP contribution >= 0.6 is 0 Å². The number of amides is 1. The van der Waals surface area contributed by atoms with Crippen LogP contribution in [-0.2, 0) is 9.47 Å². The number of carbonyl (C=O) groups is 1. The molecule has 0 saturated carbocycles. The smallest absolute Gasteiger partial charge is 0.291 e. The Labute approximate surface area is 191 Å². The quantitative estimate of drug-likeness (QED) is 0.632. The van der Waals surface area contributed by atoms with Crippen molar-refractivity contribution in [2.75, 3.05) is 67.7 Å². The van der Waals surface area contributed by atoms with Crippen molar-refractivity contribution in [3.8, 4) is 11.3 Å². The van der Waals surface area contributed by atoms with Crippen LogP contribution in [0.3, 0.4) is 0 Å². The third-order valence-corrected chi connectivity index (χ3v) is 5.93. The number of halogens is 1. The molecule has 2 fully saturated rings. The van der Waals surface area contributed by atoms with Crippen LogP contribution in [0.5, 0.6) is 0 Å². The minimum absolute atomic E-state index is 0.124. The second-order valence-corrected chi connectivity index (χ2v) is 8.00. The van der Waals surface area contributed by atoms with Gasteiger partial charge in [0.2, 0.25) is 0 Å². The monoisotopic (exact) mass is 451 g/mol. The van der Waals surface area contributed by atoms with Gasteiger partial charge >= 0.3 is 0 Å². The van der Waals surface area contributed by atoms with E-state index in [4.69, 9.17) is 13.9 Å². The number of anilines is 3. The Bertz CT molecular complexity index is 1120. The van der Waals surface area contributed by atoms with E-state index >= 15 is 0 Å². The van der Waals surface area contributed by atoms with Crippen molar-refractivity contribution >= 4 is 23.0 Å². The standard InChI is InChI=1S/C25H26FN3O4/c26-20-4-2-1-3-19(20)23-7-8-24(33-23)25(30)27-21-6-5-18(28-9-13-31-14-10-28)17-22(21)29-11-15-32-16-12-29/h1-8,17H,9-16H2,(H,27,30). The molecule has 0 atom stereocenters. The van der Waals surface area contributed by atoms with Gasteiger partial charge in [0.25, 0.3) is 5.91 Å². The van der Waals surface area contributed by atoms with Crippen molar-refractivity contribution in [2.45, 2.75) is 0 Å². The Hall–Kier alpha value is -3.36. The minimum Gasteiger partial charge on any atom is -0.451 e. The van der Waals surface area contributed by atoms with E-state index in [1.54, 1.807) is 30.3 Å². The zero-order chi connectivity index (χ0) is 22.6. The maximum absolute atomic E-state index is 14.1. The number of rotatable bonds is 5. The Morgan fingerprint density at radius 3 is 2.27 bits per heavy atom. The number of benzene rings is 2. The highest BCUT2D eigenvalue weighted by Crippen LogP contribution is 2.33. The summed E-state index contributed by atoms with van der Waals surface area (Å²) in [6, 6.07) is 15.5. The second kappa shape index (κ2) is 9.64. The second-order valence-electron chi connectivity index (χ2n) is 8.00. The summed E-state index contributed by atoms with van der Waals surface area (Å²) >= 11 is 0. The molecule has 3 aromatic rings. The lowest BCUT2D eigenvalue weighted by atomic mass is 10.1. The molecule has 33 heavy (non-hydrogen) atoms. The molecule has 172 valence electrons. The van der Waals surface area contributed by atoms with Crippen LogP contribution in [0.25, 0.3) is 11.3 Å². The molecule has 0 radical (unpaired) electrons. The molecule has 8 heteroatoms. The largest absolute Gasteiger partial charge is 0.451 e. The molecule has 3 heterocycles. The first-order valence-corrected chi connectivity index (χ1v) is 11.1. The van der Waals surface area contributed by atoms with Crippen molar-refractivity contribution in [3.05, 3.63) is 66.2 Å². The SMILES string of the molecule is O=C(Nc1ccc(N2CCOCC2)cc1N1CCOCC1)c1ccc(-c2ccccc2F)o1. The molecule has 1 aromatic heterocycles. The predicted molar refractivity (Wildman–Crippen MR) is 125 cm³/mol. The van der Waals surface area contributed by atoms with Gasteiger partial charge in [-0.05, 0) is 42.5 Å². The number of carbonyl (C=O) groups excluding carboxylic acids is 1. The number of furan rings is 1. The Morgan fingerprint density at radius 1 is 0.848 bits per heavy atom. The molecule has 1 N–H and O–H groups in total. The van der Waals surface area contributed by atoms with Gasteiger partial charge in [0.15, 0.2) is 5.76 Å². The lowest BCUT2D eigenvalue weighted by Crippen LogP contribution is -2.38. The molecule has 0 unspecified atom stereocenters. The lowest BCUT2D eigenvalue weighted by Gasteiger charge is -2.33. The Balaban J connectivity index is 1.40. The van der Waals surface area contributed by atoms with Crippen molar-refractivity contribution in [1.29, 1.82) is 0 Å². The topological polar surface area (TPSA) is 67.2 Å². The van der Waals surface area contributed by atoms with Crippen LogP contribution < -0.4 is 15.1 Å². The molecular formula is C25H26FN3O4. The number of nitrogens with one attached hydrogen (secondary N) is 1. The van der Waals surface area contributed by atoms with Crippen LogP contribution in [0.4, 0.5) is 21.5 Å². The van der Waals surface area contributed by atoms with E-state index in [2.05, 4.69) is 21.2 Å². The highest BCUT2D eigenvalue weighted by molar-refractivity contribution is 6.04. The van der Waals surface area contributed by atoms with Crippen molar-refractivity contribution in [1.82, 2.24) is 0 Å². The molecule has 0 spiro atoms. The van der Waals surface area contributed by atoms with Crippen LogP contribution in [0.2, 0.25) is 0 Å². The molecule has 0 bridgehead atoms. The van der Waals surface area contributed by atoms with Crippen LogP contribution in [-0.4, -0.2) is 58.5 Å². The Morgan fingerprint density at radius 2 is 1.55 bits per heavy atom. The number of hydrogen-bond donors (Lipinski definition) is 1. The van der Waals surface area contributed by atoms with Crippen LogP contribution in [0.15, 0.2) is 59.0 Å². The van der Waals surface area contributed by atoms with E-state index in [0.29, 0.717) is 43.4 Å². The van der Waals surface area contributed by atoms with Gasteiger partial charge in [0.1, 0.15) is 11.6 Å². The van der Waals surface area contributed by atoms with E-state index < -0.39 is 5.82 Å². The Kier molecular flexibility index (Phi) is 6.28. The summed E-state index contributed by atoms with van der Waals surface area (Å²) in [4.78, 5) is 17.5. The summed E-state index contributed by atoms with van der Waals surface area (Å²) in [5.41, 5.74) is 3.05. The van der Waals surface area contributed by atoms with Gasteiger partial charge in [-0.2, -0.15) is 0 Å². The fourth-order valence-electron chi connectivity index (χ4n) is 4.16. The zero-order valence-corrected chi connectivity index (χ0v) is 18.3. The summed E-state index contributed by atoms with van der Waals surface area (Å²) in [5, 5.41) is 2.98. The van der Waals surface area contributed by atoms with Gasteiger partial charge in [0, 0.05) is 31.9 Å². The third kappa shape index (κ3) is 4.72. The number of ether oxygens (including phenoxy) is 2. The van der Waals surface area contributed by atoms with Crippen molar-refractivity contribution in [3.63, 3.8) is 0 Å². The van der Waals surface area contributed by atoms with Crippen molar-refractivity contribution < 1.29 is 23.1 Å². The molecule has 1 amide bonds. The van der Waals surface area contributed by atoms with Gasteiger partial charge in [0.05, 0.1) is 43.4 Å². The molecule has 2 saturated heterocycles. The first-order chi connectivity index (χ1) is 16.2. The molecule has 0 aliphatic carbocycles. The number of morpholine rings is 2. The zero-order valence-electron chi connectivity index (χ0n) is 18.3.